The molecule has 0 aliphatic carbocycles. The Labute approximate surface area is 68.3 Å². The van der Waals surface area contributed by atoms with Crippen molar-refractivity contribution in [2.45, 2.75) is 12.5 Å². The number of ether oxygens (including phenoxy) is 1. The number of carbonyl (C=O) groups is 3. The number of urea groups is 1. The van der Waals surface area contributed by atoms with E-state index in [2.05, 4.69) is 10.1 Å². The summed E-state index contributed by atoms with van der Waals surface area (Å²) in [7, 11) is 1.22. The molecule has 0 aromatic carbocycles. The van der Waals surface area contributed by atoms with Crippen LogP contribution in [0.1, 0.15) is 6.42 Å². The molecule has 1 heterocycles. The fraction of sp³-hybridized carbons (Fsp3) is 0.500. The van der Waals surface area contributed by atoms with E-state index in [1.165, 1.54) is 7.11 Å². The zero-order valence-electron chi connectivity index (χ0n) is 6.42. The molecule has 6 nitrogen and oxygen atoms in total. The van der Waals surface area contributed by atoms with Crippen molar-refractivity contribution < 1.29 is 19.1 Å². The van der Waals surface area contributed by atoms with Gasteiger partial charge in [0.2, 0.25) is 0 Å². The maximum absolute atomic E-state index is 10.8. The van der Waals surface area contributed by atoms with Crippen molar-refractivity contribution in [2.24, 2.45) is 0 Å². The van der Waals surface area contributed by atoms with Crippen molar-refractivity contribution in [3.05, 3.63) is 0 Å². The van der Waals surface area contributed by atoms with Crippen LogP contribution in [0, 0.1) is 0 Å². The first-order valence-corrected chi connectivity index (χ1v) is 3.31. The highest BCUT2D eigenvalue weighted by Crippen LogP contribution is 1.99. The SMILES string of the molecule is COC(=O)CC1NC(=O)NC1=O. The first-order chi connectivity index (χ1) is 5.63. The summed E-state index contributed by atoms with van der Waals surface area (Å²) in [5.74, 6) is -1.03. The molecule has 3 amide bonds. The molecule has 0 saturated carbocycles. The third kappa shape index (κ3) is 1.71. The minimum absolute atomic E-state index is 0.131. The second-order valence-corrected chi connectivity index (χ2v) is 2.30. The van der Waals surface area contributed by atoms with Crippen LogP contribution in [0.2, 0.25) is 0 Å². The summed E-state index contributed by atoms with van der Waals surface area (Å²) in [6, 6.07) is -1.36. The Morgan fingerprint density at radius 3 is 2.67 bits per heavy atom. The largest absolute Gasteiger partial charge is 0.469 e. The molecule has 1 atom stereocenters. The predicted molar refractivity (Wildman–Crippen MR) is 37.1 cm³/mol. The van der Waals surface area contributed by atoms with E-state index in [0.717, 1.165) is 0 Å². The normalized spacial score (nSPS) is 21.6. The molecule has 1 aliphatic heterocycles. The average molecular weight is 172 g/mol. The minimum atomic E-state index is -0.787. The van der Waals surface area contributed by atoms with Gasteiger partial charge in [0, 0.05) is 0 Å². The highest BCUT2D eigenvalue weighted by Gasteiger charge is 2.31. The van der Waals surface area contributed by atoms with Gasteiger partial charge in [0.15, 0.2) is 0 Å². The van der Waals surface area contributed by atoms with Crippen molar-refractivity contribution in [1.29, 1.82) is 0 Å². The Kier molecular flexibility index (Phi) is 2.27. The van der Waals surface area contributed by atoms with Crippen LogP contribution in [-0.2, 0) is 14.3 Å². The molecule has 1 unspecified atom stereocenters. The van der Waals surface area contributed by atoms with E-state index in [9.17, 15) is 14.4 Å². The molecule has 0 radical (unpaired) electrons. The second-order valence-electron chi connectivity index (χ2n) is 2.30. The van der Waals surface area contributed by atoms with Gasteiger partial charge >= 0.3 is 12.0 Å². The first kappa shape index (κ1) is 8.51. The Morgan fingerprint density at radius 1 is 1.58 bits per heavy atom. The summed E-state index contributed by atoms with van der Waals surface area (Å²) >= 11 is 0. The van der Waals surface area contributed by atoms with Gasteiger partial charge in [-0.1, -0.05) is 0 Å². The van der Waals surface area contributed by atoms with E-state index in [1.54, 1.807) is 0 Å². The van der Waals surface area contributed by atoms with Crippen molar-refractivity contribution in [2.75, 3.05) is 7.11 Å². The van der Waals surface area contributed by atoms with E-state index >= 15 is 0 Å². The standard InChI is InChI=1S/C6H8N2O4/c1-12-4(9)2-3-5(10)8-6(11)7-3/h3H,2H2,1H3,(H2,7,8,10,11). The van der Waals surface area contributed by atoms with Crippen LogP contribution in [0.25, 0.3) is 0 Å². The van der Waals surface area contributed by atoms with Gasteiger partial charge in [-0.15, -0.1) is 0 Å². The number of hydrogen-bond acceptors (Lipinski definition) is 4. The summed E-state index contributed by atoms with van der Waals surface area (Å²) in [5, 5.41) is 4.27. The molecule has 2 N–H and O–H groups in total. The van der Waals surface area contributed by atoms with Crippen LogP contribution in [0.3, 0.4) is 0 Å². The Balaban J connectivity index is 2.48. The molecule has 6 heteroatoms. The first-order valence-electron chi connectivity index (χ1n) is 3.31. The summed E-state index contributed by atoms with van der Waals surface area (Å²) in [6.45, 7) is 0. The molecule has 1 rings (SSSR count). The van der Waals surface area contributed by atoms with Gasteiger partial charge in [-0.05, 0) is 0 Å². The lowest BCUT2D eigenvalue weighted by Gasteiger charge is -2.03. The van der Waals surface area contributed by atoms with Gasteiger partial charge in [-0.25, -0.2) is 4.79 Å². The van der Waals surface area contributed by atoms with Gasteiger partial charge in [-0.3, -0.25) is 14.9 Å². The van der Waals surface area contributed by atoms with Crippen molar-refractivity contribution in [3.63, 3.8) is 0 Å². The van der Waals surface area contributed by atoms with E-state index in [1.807, 2.05) is 5.32 Å². The smallest absolute Gasteiger partial charge is 0.322 e. The zero-order valence-corrected chi connectivity index (χ0v) is 6.42. The van der Waals surface area contributed by atoms with Crippen molar-refractivity contribution in [1.82, 2.24) is 10.6 Å². The topological polar surface area (TPSA) is 84.5 Å². The molecule has 0 bridgehead atoms. The number of methoxy groups -OCH3 is 1. The second kappa shape index (κ2) is 3.21. The van der Waals surface area contributed by atoms with Crippen LogP contribution in [0.4, 0.5) is 4.79 Å². The molecule has 0 aromatic heterocycles. The zero-order chi connectivity index (χ0) is 9.14. The Hall–Kier alpha value is -1.59. The van der Waals surface area contributed by atoms with E-state index in [-0.39, 0.29) is 6.42 Å². The van der Waals surface area contributed by atoms with Gasteiger partial charge in [0.25, 0.3) is 5.91 Å². The maximum Gasteiger partial charge on any atom is 0.322 e. The fourth-order valence-electron chi connectivity index (χ4n) is 0.853. The number of carbonyl (C=O) groups excluding carboxylic acids is 3. The number of imide groups is 1. The molecule has 1 aliphatic rings. The van der Waals surface area contributed by atoms with Gasteiger partial charge in [0.05, 0.1) is 13.5 Å². The fourth-order valence-corrected chi connectivity index (χ4v) is 0.853. The number of amides is 3. The van der Waals surface area contributed by atoms with Gasteiger partial charge in [-0.2, -0.15) is 0 Å². The van der Waals surface area contributed by atoms with Gasteiger partial charge in [0.1, 0.15) is 6.04 Å². The summed E-state index contributed by atoms with van der Waals surface area (Å²) in [4.78, 5) is 32.0. The van der Waals surface area contributed by atoms with Crippen molar-refractivity contribution >= 4 is 17.9 Å². The number of hydrogen-bond donors (Lipinski definition) is 2. The van der Waals surface area contributed by atoms with Crippen LogP contribution >= 0.6 is 0 Å². The average Bonchev–Trinajstić information content (AvgIpc) is 2.30. The van der Waals surface area contributed by atoms with Crippen LogP contribution in [0.5, 0.6) is 0 Å². The van der Waals surface area contributed by atoms with E-state index < -0.39 is 23.9 Å². The predicted octanol–water partition coefficient (Wildman–Crippen LogP) is -1.24. The molecular formula is C6H8N2O4. The Bertz CT molecular complexity index is 238. The summed E-state index contributed by atoms with van der Waals surface area (Å²) < 4.78 is 4.33. The highest BCUT2D eigenvalue weighted by molar-refractivity contribution is 6.05. The molecule has 1 fully saturated rings. The summed E-state index contributed by atoms with van der Waals surface area (Å²) in [5.41, 5.74) is 0. The lowest BCUT2D eigenvalue weighted by Crippen LogP contribution is -2.31. The maximum atomic E-state index is 10.8. The third-order valence-corrected chi connectivity index (χ3v) is 1.46. The van der Waals surface area contributed by atoms with E-state index in [0.29, 0.717) is 0 Å². The van der Waals surface area contributed by atoms with Crippen molar-refractivity contribution in [3.8, 4) is 0 Å². The molecular weight excluding hydrogens is 164 g/mol. The quantitative estimate of drug-likeness (QED) is 0.403. The van der Waals surface area contributed by atoms with E-state index in [4.69, 9.17) is 0 Å². The number of esters is 1. The molecule has 0 aromatic rings. The molecule has 66 valence electrons. The van der Waals surface area contributed by atoms with Crippen LogP contribution in [0.15, 0.2) is 0 Å². The van der Waals surface area contributed by atoms with Crippen LogP contribution < -0.4 is 10.6 Å². The number of rotatable bonds is 2. The monoisotopic (exact) mass is 172 g/mol. The third-order valence-electron chi connectivity index (χ3n) is 1.46. The Morgan fingerprint density at radius 2 is 2.25 bits per heavy atom. The lowest BCUT2D eigenvalue weighted by atomic mass is 10.2. The highest BCUT2D eigenvalue weighted by atomic mass is 16.5. The minimum Gasteiger partial charge on any atom is -0.469 e. The molecule has 1 saturated heterocycles. The molecule has 0 spiro atoms. The molecule has 12 heavy (non-hydrogen) atoms. The van der Waals surface area contributed by atoms with Gasteiger partial charge < -0.3 is 10.1 Å². The summed E-state index contributed by atoms with van der Waals surface area (Å²) in [6.07, 6.45) is -0.131. The van der Waals surface area contributed by atoms with Crippen LogP contribution in [-0.4, -0.2) is 31.1 Å². The lowest BCUT2D eigenvalue weighted by molar-refractivity contribution is -0.142. The number of nitrogens with one attached hydrogen (secondary N) is 2.